The zero-order valence-electron chi connectivity index (χ0n) is 16.4. The Morgan fingerprint density at radius 3 is 2.25 bits per heavy atom. The van der Waals surface area contributed by atoms with Crippen LogP contribution in [0.25, 0.3) is 5.76 Å². The first kappa shape index (κ1) is 22.1. The molecular formula is C21H22O11. The monoisotopic (exact) mass is 450 g/mol. The van der Waals surface area contributed by atoms with Crippen molar-refractivity contribution < 1.29 is 55.1 Å². The van der Waals surface area contributed by atoms with Crippen molar-refractivity contribution in [3.05, 3.63) is 53.0 Å². The van der Waals surface area contributed by atoms with Crippen LogP contribution in [0.2, 0.25) is 0 Å². The fourth-order valence-electron chi connectivity index (χ4n) is 4.10. The summed E-state index contributed by atoms with van der Waals surface area (Å²) < 4.78 is 11.4. The molecular weight excluding hydrogens is 428 g/mol. The number of rotatable bonds is 3. The Morgan fingerprint density at radius 2 is 1.59 bits per heavy atom. The molecule has 32 heavy (non-hydrogen) atoms. The summed E-state index contributed by atoms with van der Waals surface area (Å²) in [6.07, 6.45) is -7.33. The van der Waals surface area contributed by atoms with Gasteiger partial charge in [0.05, 0.1) is 6.61 Å². The van der Waals surface area contributed by atoms with Crippen molar-refractivity contribution in [3.63, 3.8) is 0 Å². The van der Waals surface area contributed by atoms with E-state index in [2.05, 4.69) is 0 Å². The number of carbonyl (C=O) groups excluding carboxylic acids is 1. The van der Waals surface area contributed by atoms with Gasteiger partial charge in [-0.3, -0.25) is 4.79 Å². The summed E-state index contributed by atoms with van der Waals surface area (Å²) in [5, 5.41) is 80.3. The predicted octanol–water partition coefficient (Wildman–Crippen LogP) is -0.867. The number of phenols is 2. The topological polar surface area (TPSA) is 197 Å². The van der Waals surface area contributed by atoms with Gasteiger partial charge in [0.2, 0.25) is 0 Å². The van der Waals surface area contributed by atoms with Crippen molar-refractivity contribution >= 4 is 11.5 Å². The summed E-state index contributed by atoms with van der Waals surface area (Å²) in [7, 11) is 0. The molecule has 2 heterocycles. The van der Waals surface area contributed by atoms with Crippen LogP contribution in [0.3, 0.4) is 0 Å². The van der Waals surface area contributed by atoms with Gasteiger partial charge < -0.3 is 50.3 Å². The van der Waals surface area contributed by atoms with Crippen LogP contribution >= 0.6 is 0 Å². The van der Waals surface area contributed by atoms with Crippen molar-refractivity contribution in [2.24, 2.45) is 5.92 Å². The molecule has 1 saturated heterocycles. The lowest BCUT2D eigenvalue weighted by Gasteiger charge is -2.44. The molecule has 7 unspecified atom stereocenters. The van der Waals surface area contributed by atoms with E-state index in [0.717, 1.165) is 18.2 Å². The first-order chi connectivity index (χ1) is 15.1. The lowest BCUT2D eigenvalue weighted by molar-refractivity contribution is -0.222. The number of benzene rings is 1. The van der Waals surface area contributed by atoms with Crippen molar-refractivity contribution in [3.8, 4) is 11.5 Å². The van der Waals surface area contributed by atoms with E-state index in [1.165, 1.54) is 12.1 Å². The third-order valence-electron chi connectivity index (χ3n) is 5.80. The maximum atomic E-state index is 12.8. The average molecular weight is 450 g/mol. The van der Waals surface area contributed by atoms with E-state index in [-0.39, 0.29) is 16.9 Å². The highest BCUT2D eigenvalue weighted by Crippen LogP contribution is 2.42. The van der Waals surface area contributed by atoms with Crippen LogP contribution in [0, 0.1) is 5.92 Å². The molecule has 11 heteroatoms. The summed E-state index contributed by atoms with van der Waals surface area (Å²) in [5.74, 6) is -3.94. The summed E-state index contributed by atoms with van der Waals surface area (Å²) in [5.41, 5.74) is 0.0143. The third-order valence-corrected chi connectivity index (χ3v) is 5.80. The number of ketones is 1. The van der Waals surface area contributed by atoms with E-state index in [0.29, 0.717) is 0 Å². The molecule has 1 fully saturated rings. The Bertz CT molecular complexity index is 1020. The zero-order chi connectivity index (χ0) is 23.3. The number of aliphatic hydroxyl groups is 6. The maximum Gasteiger partial charge on any atom is 0.174 e. The Balaban J connectivity index is 1.76. The fourth-order valence-corrected chi connectivity index (χ4v) is 4.10. The lowest BCUT2D eigenvalue weighted by atomic mass is 9.78. The van der Waals surface area contributed by atoms with Gasteiger partial charge in [0.15, 0.2) is 17.3 Å². The molecule has 172 valence electrons. The van der Waals surface area contributed by atoms with Crippen LogP contribution in [-0.4, -0.2) is 89.9 Å². The molecule has 0 spiro atoms. The number of carbonyl (C=O) groups is 1. The molecule has 3 aliphatic rings. The highest BCUT2D eigenvalue weighted by molar-refractivity contribution is 6.01. The van der Waals surface area contributed by atoms with E-state index in [1.807, 2.05) is 0 Å². The number of aliphatic hydroxyl groups excluding tert-OH is 6. The zero-order valence-corrected chi connectivity index (χ0v) is 16.4. The maximum absolute atomic E-state index is 12.8. The third kappa shape index (κ3) is 3.49. The number of phenolic OH excluding ortho intramolecular Hbond substituents is 2. The van der Waals surface area contributed by atoms with Gasteiger partial charge in [-0.25, -0.2) is 0 Å². The number of aromatic hydroxyl groups is 2. The molecule has 4 rings (SSSR count). The molecule has 1 aliphatic carbocycles. The van der Waals surface area contributed by atoms with Crippen LogP contribution in [0.15, 0.2) is 47.4 Å². The average Bonchev–Trinajstić information content (AvgIpc) is 2.74. The van der Waals surface area contributed by atoms with E-state index >= 15 is 0 Å². The number of fused-ring (bicyclic) bond motifs is 1. The first-order valence-electron chi connectivity index (χ1n) is 9.72. The number of hydrogen-bond acceptors (Lipinski definition) is 11. The Labute approximate surface area is 181 Å². The van der Waals surface area contributed by atoms with Crippen molar-refractivity contribution in [1.29, 1.82) is 0 Å². The normalized spacial score (nSPS) is 35.0. The molecule has 0 bridgehead atoms. The number of hydrogen-bond donors (Lipinski definition) is 8. The molecule has 11 nitrogen and oxygen atoms in total. The van der Waals surface area contributed by atoms with Crippen molar-refractivity contribution in [2.75, 3.05) is 6.61 Å². The summed E-state index contributed by atoms with van der Waals surface area (Å²) in [6, 6.07) is 3.68. The molecule has 0 aromatic heterocycles. The second-order valence-electron chi connectivity index (χ2n) is 7.79. The highest BCUT2D eigenvalue weighted by atomic mass is 16.5. The van der Waals surface area contributed by atoms with E-state index < -0.39 is 77.9 Å². The number of ether oxygens (including phenoxy) is 2. The molecule has 0 amide bonds. The lowest BCUT2D eigenvalue weighted by Crippen LogP contribution is -2.60. The smallest absolute Gasteiger partial charge is 0.174 e. The van der Waals surface area contributed by atoms with Crippen LogP contribution < -0.4 is 0 Å². The summed E-state index contributed by atoms with van der Waals surface area (Å²) in [6.45, 7) is -0.706. The van der Waals surface area contributed by atoms with Crippen molar-refractivity contribution in [2.45, 2.75) is 36.6 Å². The minimum atomic E-state index is -1.76. The van der Waals surface area contributed by atoms with E-state index in [4.69, 9.17) is 9.47 Å². The quantitative estimate of drug-likeness (QED) is 0.267. The highest BCUT2D eigenvalue weighted by Gasteiger charge is 2.52. The van der Waals surface area contributed by atoms with Gasteiger partial charge in [0, 0.05) is 23.3 Å². The molecule has 0 radical (unpaired) electrons. The van der Waals surface area contributed by atoms with Crippen LogP contribution in [0.4, 0.5) is 0 Å². The Morgan fingerprint density at radius 1 is 0.875 bits per heavy atom. The van der Waals surface area contributed by atoms with Gasteiger partial charge >= 0.3 is 0 Å². The molecule has 2 aliphatic heterocycles. The predicted molar refractivity (Wildman–Crippen MR) is 105 cm³/mol. The molecule has 1 aromatic carbocycles. The minimum absolute atomic E-state index is 0.0591. The second-order valence-corrected chi connectivity index (χ2v) is 7.79. The van der Waals surface area contributed by atoms with Gasteiger partial charge in [0.1, 0.15) is 59.8 Å². The van der Waals surface area contributed by atoms with Crippen LogP contribution in [-0.2, 0) is 14.3 Å². The van der Waals surface area contributed by atoms with Gasteiger partial charge in [0.25, 0.3) is 0 Å². The minimum Gasteiger partial charge on any atom is -0.511 e. The van der Waals surface area contributed by atoms with Gasteiger partial charge in [-0.15, -0.1) is 0 Å². The van der Waals surface area contributed by atoms with Crippen LogP contribution in [0.1, 0.15) is 5.56 Å². The SMILES string of the molecule is O=C1C=C(c2ccc(O)c(O)c2)OC2C(C3OC(CO)C(O)C(O)C3O)=C(O)C=C(O)C12. The van der Waals surface area contributed by atoms with Crippen molar-refractivity contribution in [1.82, 2.24) is 0 Å². The van der Waals surface area contributed by atoms with Gasteiger partial charge in [-0.2, -0.15) is 0 Å². The molecule has 7 atom stereocenters. The second kappa shape index (κ2) is 8.11. The van der Waals surface area contributed by atoms with Gasteiger partial charge in [-0.1, -0.05) is 0 Å². The van der Waals surface area contributed by atoms with Gasteiger partial charge in [-0.05, 0) is 18.2 Å². The Hall–Kier alpha value is -3.09. The fraction of sp³-hybridized carbons (Fsp3) is 0.381. The number of allylic oxidation sites excluding steroid dienone is 2. The standard InChI is InChI=1S/C21H22O11/c22-6-14-17(28)18(29)19(30)21(32-14)16-11(26)4-10(25)15-12(27)5-13(31-20(15)16)7-1-2-8(23)9(24)3-7/h1-5,14-15,17-26,28-30H,6H2. The summed E-state index contributed by atoms with van der Waals surface area (Å²) >= 11 is 0. The largest absolute Gasteiger partial charge is 0.511 e. The molecule has 8 N–H and O–H groups in total. The van der Waals surface area contributed by atoms with Crippen LogP contribution in [0.5, 0.6) is 11.5 Å². The first-order valence-corrected chi connectivity index (χ1v) is 9.72. The molecule has 0 saturated carbocycles. The van der Waals surface area contributed by atoms with E-state index in [9.17, 15) is 45.6 Å². The Kier molecular flexibility index (Phi) is 5.61. The van der Waals surface area contributed by atoms with E-state index in [1.54, 1.807) is 0 Å². The molecule has 1 aromatic rings. The summed E-state index contributed by atoms with van der Waals surface area (Å²) in [4.78, 5) is 12.8.